The van der Waals surface area contributed by atoms with Crippen molar-refractivity contribution in [2.45, 2.75) is 26.4 Å². The molecule has 1 atom stereocenters. The predicted molar refractivity (Wildman–Crippen MR) is 99.0 cm³/mol. The van der Waals surface area contributed by atoms with Crippen LogP contribution in [0.2, 0.25) is 5.02 Å². The van der Waals surface area contributed by atoms with Gasteiger partial charge < -0.3 is 19.5 Å². The highest BCUT2D eigenvalue weighted by Crippen LogP contribution is 2.26. The number of hydrogen-bond acceptors (Lipinski definition) is 5. The number of benzene rings is 1. The summed E-state index contributed by atoms with van der Waals surface area (Å²) in [4.78, 5) is 26.9. The van der Waals surface area contributed by atoms with Gasteiger partial charge in [-0.1, -0.05) is 23.7 Å². The number of nitrogens with one attached hydrogen (secondary N) is 2. The van der Waals surface area contributed by atoms with Crippen LogP contribution < -0.4 is 10.2 Å². The molecule has 2 heterocycles. The van der Waals surface area contributed by atoms with E-state index in [2.05, 4.69) is 15.5 Å². The van der Waals surface area contributed by atoms with Crippen LogP contribution in [-0.4, -0.2) is 59.1 Å². The summed E-state index contributed by atoms with van der Waals surface area (Å²) in [5, 5.41) is 11.4. The van der Waals surface area contributed by atoms with E-state index in [1.807, 2.05) is 26.0 Å². The standard InChI is InChI=1S/C18H22ClN5O3/c1-12(2)24(17(26)11-23-8-7-20-15(25)9-23)10-16-21-22-18(27-16)13-5-3-4-6-14(13)19/h3-6,12H,7-11H2,1-2H3,(H,20,25)/p+1. The van der Waals surface area contributed by atoms with E-state index < -0.39 is 0 Å². The molecule has 0 radical (unpaired) electrons. The smallest absolute Gasteiger partial charge is 0.278 e. The highest BCUT2D eigenvalue weighted by atomic mass is 35.5. The Bertz CT molecular complexity index is 823. The SMILES string of the molecule is CC(C)N(Cc1nnc(-c2ccccc2Cl)o1)C(=O)C[NH+]1CCNC(=O)C1. The van der Waals surface area contributed by atoms with Gasteiger partial charge in [-0.05, 0) is 26.0 Å². The van der Waals surface area contributed by atoms with E-state index in [0.29, 0.717) is 35.5 Å². The van der Waals surface area contributed by atoms with E-state index in [4.69, 9.17) is 16.0 Å². The quantitative estimate of drug-likeness (QED) is 0.729. The number of rotatable bonds is 6. The van der Waals surface area contributed by atoms with Crippen molar-refractivity contribution in [3.05, 3.63) is 35.2 Å². The molecule has 2 N–H and O–H groups in total. The maximum absolute atomic E-state index is 12.8. The molecule has 1 aliphatic heterocycles. The van der Waals surface area contributed by atoms with Crippen molar-refractivity contribution in [2.75, 3.05) is 26.2 Å². The zero-order valence-corrected chi connectivity index (χ0v) is 16.1. The molecule has 1 saturated heterocycles. The third kappa shape index (κ3) is 4.84. The van der Waals surface area contributed by atoms with Gasteiger partial charge in [-0.3, -0.25) is 9.59 Å². The van der Waals surface area contributed by atoms with Gasteiger partial charge in [0.1, 0.15) is 0 Å². The number of quaternary nitrogens is 1. The molecular formula is C18H23ClN5O3+. The van der Waals surface area contributed by atoms with Gasteiger partial charge in [-0.25, -0.2) is 0 Å². The third-order valence-corrected chi connectivity index (χ3v) is 4.76. The fraction of sp³-hybridized carbons (Fsp3) is 0.444. The van der Waals surface area contributed by atoms with Crippen molar-refractivity contribution in [1.82, 2.24) is 20.4 Å². The van der Waals surface area contributed by atoms with Crippen LogP contribution in [0.1, 0.15) is 19.7 Å². The van der Waals surface area contributed by atoms with Crippen molar-refractivity contribution >= 4 is 23.4 Å². The van der Waals surface area contributed by atoms with Gasteiger partial charge in [0.05, 0.1) is 30.2 Å². The summed E-state index contributed by atoms with van der Waals surface area (Å²) in [6.07, 6.45) is 0. The lowest BCUT2D eigenvalue weighted by Gasteiger charge is -2.28. The second-order valence-corrected chi connectivity index (χ2v) is 7.21. The molecule has 0 spiro atoms. The van der Waals surface area contributed by atoms with Gasteiger partial charge in [0.2, 0.25) is 11.8 Å². The Balaban J connectivity index is 1.68. The highest BCUT2D eigenvalue weighted by Gasteiger charge is 2.27. The van der Waals surface area contributed by atoms with Crippen LogP contribution in [0.4, 0.5) is 0 Å². The molecule has 27 heavy (non-hydrogen) atoms. The summed E-state index contributed by atoms with van der Waals surface area (Å²) in [5.74, 6) is 0.595. The number of nitrogens with zero attached hydrogens (tertiary/aromatic N) is 3. The topological polar surface area (TPSA) is 92.8 Å². The van der Waals surface area contributed by atoms with Crippen LogP contribution >= 0.6 is 11.6 Å². The summed E-state index contributed by atoms with van der Waals surface area (Å²) >= 11 is 6.17. The van der Waals surface area contributed by atoms with Crippen molar-refractivity contribution in [3.8, 4) is 11.5 Å². The molecule has 2 aromatic rings. The molecule has 3 rings (SSSR count). The van der Waals surface area contributed by atoms with Crippen molar-refractivity contribution in [1.29, 1.82) is 0 Å². The van der Waals surface area contributed by atoms with Crippen molar-refractivity contribution in [2.24, 2.45) is 0 Å². The van der Waals surface area contributed by atoms with Gasteiger partial charge in [-0.15, -0.1) is 10.2 Å². The first-order valence-electron chi connectivity index (χ1n) is 8.91. The average molecular weight is 393 g/mol. The Morgan fingerprint density at radius 1 is 1.37 bits per heavy atom. The average Bonchev–Trinajstić information content (AvgIpc) is 3.08. The number of carbonyl (C=O) groups excluding carboxylic acids is 2. The van der Waals surface area contributed by atoms with Crippen LogP contribution in [-0.2, 0) is 16.1 Å². The summed E-state index contributed by atoms with van der Waals surface area (Å²) in [6, 6.07) is 7.18. The summed E-state index contributed by atoms with van der Waals surface area (Å²) in [5.41, 5.74) is 0.657. The Labute approximate surface area is 162 Å². The largest absolute Gasteiger partial charge is 0.419 e. The Kier molecular flexibility index (Phi) is 6.08. The number of piperazine rings is 1. The fourth-order valence-corrected chi connectivity index (χ4v) is 3.20. The van der Waals surface area contributed by atoms with Crippen molar-refractivity contribution in [3.63, 3.8) is 0 Å². The highest BCUT2D eigenvalue weighted by molar-refractivity contribution is 6.33. The van der Waals surface area contributed by atoms with E-state index >= 15 is 0 Å². The first-order chi connectivity index (χ1) is 12.9. The van der Waals surface area contributed by atoms with Crippen LogP contribution in [0.15, 0.2) is 28.7 Å². The van der Waals surface area contributed by atoms with Crippen LogP contribution in [0, 0.1) is 0 Å². The minimum Gasteiger partial charge on any atom is -0.419 e. The van der Waals surface area contributed by atoms with E-state index in [1.165, 1.54) is 0 Å². The normalized spacial score (nSPS) is 17.0. The minimum absolute atomic E-state index is 0.0265. The maximum atomic E-state index is 12.8. The van der Waals surface area contributed by atoms with Crippen LogP contribution in [0.5, 0.6) is 0 Å². The molecule has 0 bridgehead atoms. The molecule has 144 valence electrons. The van der Waals surface area contributed by atoms with Gasteiger partial charge in [0, 0.05) is 6.04 Å². The maximum Gasteiger partial charge on any atom is 0.278 e. The zero-order valence-electron chi connectivity index (χ0n) is 15.4. The first-order valence-corrected chi connectivity index (χ1v) is 9.29. The Morgan fingerprint density at radius 3 is 2.85 bits per heavy atom. The molecule has 2 amide bonds. The molecule has 1 fully saturated rings. The molecular weight excluding hydrogens is 370 g/mol. The lowest BCUT2D eigenvalue weighted by molar-refractivity contribution is -0.885. The molecule has 1 unspecified atom stereocenters. The minimum atomic E-state index is -0.0489. The number of halogens is 1. The second-order valence-electron chi connectivity index (χ2n) is 6.80. The summed E-state index contributed by atoms with van der Waals surface area (Å²) < 4.78 is 5.72. The molecule has 1 aromatic carbocycles. The number of aromatic nitrogens is 2. The van der Waals surface area contributed by atoms with E-state index in [-0.39, 0.29) is 30.9 Å². The molecule has 0 aliphatic carbocycles. The monoisotopic (exact) mass is 392 g/mol. The lowest BCUT2D eigenvalue weighted by atomic mass is 10.2. The molecule has 0 saturated carbocycles. The van der Waals surface area contributed by atoms with Gasteiger partial charge in [0.15, 0.2) is 13.1 Å². The zero-order chi connectivity index (χ0) is 19.4. The summed E-state index contributed by atoms with van der Waals surface area (Å²) in [7, 11) is 0. The lowest BCUT2D eigenvalue weighted by Crippen LogP contribution is -3.16. The number of carbonyl (C=O) groups is 2. The van der Waals surface area contributed by atoms with Gasteiger partial charge >= 0.3 is 0 Å². The van der Waals surface area contributed by atoms with Crippen LogP contribution in [0.25, 0.3) is 11.5 Å². The van der Waals surface area contributed by atoms with Gasteiger partial charge in [0.25, 0.3) is 11.8 Å². The van der Waals surface area contributed by atoms with E-state index in [1.54, 1.807) is 17.0 Å². The number of hydrogen-bond donors (Lipinski definition) is 2. The molecule has 8 nitrogen and oxygen atoms in total. The fourth-order valence-electron chi connectivity index (χ4n) is 2.99. The molecule has 1 aromatic heterocycles. The predicted octanol–water partition coefficient (Wildman–Crippen LogP) is 0.142. The van der Waals surface area contributed by atoms with Crippen LogP contribution in [0.3, 0.4) is 0 Å². The second kappa shape index (κ2) is 8.49. The Hall–Kier alpha value is -2.45. The van der Waals surface area contributed by atoms with E-state index in [0.717, 1.165) is 11.4 Å². The van der Waals surface area contributed by atoms with Gasteiger partial charge in [-0.2, -0.15) is 0 Å². The number of amides is 2. The third-order valence-electron chi connectivity index (χ3n) is 4.43. The summed E-state index contributed by atoms with van der Waals surface area (Å²) in [6.45, 7) is 5.98. The molecule has 9 heteroatoms. The van der Waals surface area contributed by atoms with E-state index in [9.17, 15) is 9.59 Å². The first kappa shape index (κ1) is 19.3. The van der Waals surface area contributed by atoms with Crippen molar-refractivity contribution < 1.29 is 18.9 Å². The Morgan fingerprint density at radius 2 is 2.15 bits per heavy atom. The molecule has 1 aliphatic rings.